The molecule has 2 rings (SSSR count). The predicted molar refractivity (Wildman–Crippen MR) is 113 cm³/mol. The number of nitrogens with one attached hydrogen (secondary N) is 3. The molecule has 0 aromatic heterocycles. The monoisotopic (exact) mass is 417 g/mol. The number of aryl methyl sites for hydroxylation is 2. The van der Waals surface area contributed by atoms with E-state index in [-0.39, 0.29) is 16.4 Å². The zero-order chi connectivity index (χ0) is 21.6. The smallest absolute Gasteiger partial charge is 0.261 e. The highest BCUT2D eigenvalue weighted by Gasteiger charge is 2.21. The van der Waals surface area contributed by atoms with Crippen LogP contribution in [-0.2, 0) is 14.8 Å². The van der Waals surface area contributed by atoms with Crippen LogP contribution in [0.3, 0.4) is 0 Å². The largest absolute Gasteiger partial charge is 0.354 e. The lowest BCUT2D eigenvalue weighted by atomic mass is 10.1. The SMILES string of the molecule is CCCNC(=O)C(C)NC(=O)c1cc(S(=O)(=O)Nc2ccccc2C)ccc1C. The molecular formula is C21H27N3O4S. The van der Waals surface area contributed by atoms with Crippen molar-refractivity contribution in [3.05, 3.63) is 59.2 Å². The quantitative estimate of drug-likeness (QED) is 0.614. The second kappa shape index (κ2) is 9.56. The third-order valence-corrected chi connectivity index (χ3v) is 5.81. The van der Waals surface area contributed by atoms with Crippen molar-refractivity contribution in [1.29, 1.82) is 0 Å². The lowest BCUT2D eigenvalue weighted by Gasteiger charge is -2.16. The van der Waals surface area contributed by atoms with Gasteiger partial charge in [0.05, 0.1) is 10.6 Å². The van der Waals surface area contributed by atoms with Crippen LogP contribution in [0.25, 0.3) is 0 Å². The third-order valence-electron chi connectivity index (χ3n) is 4.44. The van der Waals surface area contributed by atoms with Gasteiger partial charge in [0.2, 0.25) is 5.91 Å². The molecule has 0 aliphatic heterocycles. The first-order chi connectivity index (χ1) is 13.7. The summed E-state index contributed by atoms with van der Waals surface area (Å²) in [6, 6.07) is 10.6. The molecule has 0 heterocycles. The maximum absolute atomic E-state index is 12.8. The van der Waals surface area contributed by atoms with Crippen LogP contribution in [0.5, 0.6) is 0 Å². The normalized spacial score (nSPS) is 12.1. The summed E-state index contributed by atoms with van der Waals surface area (Å²) in [4.78, 5) is 24.6. The van der Waals surface area contributed by atoms with Gasteiger partial charge in [0.1, 0.15) is 6.04 Å². The number of sulfonamides is 1. The van der Waals surface area contributed by atoms with Crippen LogP contribution < -0.4 is 15.4 Å². The standard InChI is InChI=1S/C21H27N3O4S/c1-5-12-22-20(25)16(4)23-21(26)18-13-17(11-10-14(18)2)29(27,28)24-19-9-7-6-8-15(19)3/h6-11,13,16,24H,5,12H2,1-4H3,(H,22,25)(H,23,26). The average Bonchev–Trinajstić information content (AvgIpc) is 2.67. The van der Waals surface area contributed by atoms with Crippen molar-refractivity contribution in [1.82, 2.24) is 10.6 Å². The second-order valence-electron chi connectivity index (χ2n) is 6.88. The van der Waals surface area contributed by atoms with E-state index in [2.05, 4.69) is 15.4 Å². The molecule has 3 N–H and O–H groups in total. The lowest BCUT2D eigenvalue weighted by Crippen LogP contribution is -2.45. The molecule has 0 fully saturated rings. The van der Waals surface area contributed by atoms with Crippen LogP contribution in [0.1, 0.15) is 41.8 Å². The van der Waals surface area contributed by atoms with Crippen LogP contribution in [0.2, 0.25) is 0 Å². The summed E-state index contributed by atoms with van der Waals surface area (Å²) in [5.41, 5.74) is 2.07. The summed E-state index contributed by atoms with van der Waals surface area (Å²) in [7, 11) is -3.87. The molecular weight excluding hydrogens is 390 g/mol. The highest BCUT2D eigenvalue weighted by Crippen LogP contribution is 2.21. The summed E-state index contributed by atoms with van der Waals surface area (Å²) in [5, 5.41) is 5.33. The molecule has 0 saturated heterocycles. The van der Waals surface area contributed by atoms with Gasteiger partial charge in [-0.1, -0.05) is 31.2 Å². The average molecular weight is 418 g/mol. The van der Waals surface area contributed by atoms with Crippen molar-refractivity contribution in [3.8, 4) is 0 Å². The van der Waals surface area contributed by atoms with Crippen LogP contribution in [0, 0.1) is 13.8 Å². The van der Waals surface area contributed by atoms with Gasteiger partial charge in [-0.2, -0.15) is 0 Å². The molecule has 0 saturated carbocycles. The minimum absolute atomic E-state index is 0.0282. The molecule has 2 aromatic rings. The molecule has 0 aliphatic carbocycles. The zero-order valence-corrected chi connectivity index (χ0v) is 17.9. The van der Waals surface area contributed by atoms with Crippen molar-refractivity contribution >= 4 is 27.5 Å². The second-order valence-corrected chi connectivity index (χ2v) is 8.57. The molecule has 1 atom stereocenters. The maximum atomic E-state index is 12.8. The number of rotatable bonds is 8. The van der Waals surface area contributed by atoms with E-state index in [1.807, 2.05) is 13.0 Å². The van der Waals surface area contributed by atoms with E-state index < -0.39 is 22.0 Å². The van der Waals surface area contributed by atoms with Gasteiger partial charge < -0.3 is 10.6 Å². The van der Waals surface area contributed by atoms with E-state index in [1.54, 1.807) is 45.0 Å². The Morgan fingerprint density at radius 1 is 1.03 bits per heavy atom. The predicted octanol–water partition coefficient (Wildman–Crippen LogP) is 2.75. The first kappa shape index (κ1) is 22.4. The summed E-state index contributed by atoms with van der Waals surface area (Å²) in [6.45, 7) is 7.55. The van der Waals surface area contributed by atoms with Crippen LogP contribution in [-0.4, -0.2) is 32.8 Å². The zero-order valence-electron chi connectivity index (χ0n) is 17.1. The van der Waals surface area contributed by atoms with Crippen LogP contribution in [0.4, 0.5) is 5.69 Å². The van der Waals surface area contributed by atoms with Crippen molar-refractivity contribution in [3.63, 3.8) is 0 Å². The molecule has 0 radical (unpaired) electrons. The Bertz CT molecular complexity index is 1000. The molecule has 156 valence electrons. The van der Waals surface area contributed by atoms with E-state index in [1.165, 1.54) is 12.1 Å². The van der Waals surface area contributed by atoms with Gasteiger partial charge in [-0.05, 0) is 56.5 Å². The van der Waals surface area contributed by atoms with E-state index in [4.69, 9.17) is 0 Å². The topological polar surface area (TPSA) is 104 Å². The van der Waals surface area contributed by atoms with Crippen molar-refractivity contribution < 1.29 is 18.0 Å². The van der Waals surface area contributed by atoms with Gasteiger partial charge in [0, 0.05) is 12.1 Å². The van der Waals surface area contributed by atoms with E-state index >= 15 is 0 Å². The molecule has 1 unspecified atom stereocenters. The molecule has 2 aromatic carbocycles. The number of anilines is 1. The molecule has 2 amide bonds. The Morgan fingerprint density at radius 2 is 1.72 bits per heavy atom. The van der Waals surface area contributed by atoms with Gasteiger partial charge in [0.25, 0.3) is 15.9 Å². The number of carbonyl (C=O) groups excluding carboxylic acids is 2. The fraction of sp³-hybridized carbons (Fsp3) is 0.333. The summed E-state index contributed by atoms with van der Waals surface area (Å²) >= 11 is 0. The first-order valence-electron chi connectivity index (χ1n) is 9.43. The number of hydrogen-bond donors (Lipinski definition) is 3. The van der Waals surface area contributed by atoms with Gasteiger partial charge >= 0.3 is 0 Å². The Hall–Kier alpha value is -2.87. The molecule has 8 heteroatoms. The van der Waals surface area contributed by atoms with Crippen molar-refractivity contribution in [2.45, 2.75) is 45.1 Å². The Labute approximate surface area is 172 Å². The summed E-state index contributed by atoms with van der Waals surface area (Å²) < 4.78 is 28.1. The minimum atomic E-state index is -3.87. The third kappa shape index (κ3) is 5.80. The van der Waals surface area contributed by atoms with Gasteiger partial charge in [-0.15, -0.1) is 0 Å². The fourth-order valence-corrected chi connectivity index (χ4v) is 3.80. The van der Waals surface area contributed by atoms with Crippen LogP contribution in [0.15, 0.2) is 47.4 Å². The fourth-order valence-electron chi connectivity index (χ4n) is 2.65. The molecule has 0 aliphatic rings. The molecule has 7 nitrogen and oxygen atoms in total. The number of hydrogen-bond acceptors (Lipinski definition) is 4. The van der Waals surface area contributed by atoms with Crippen molar-refractivity contribution in [2.75, 3.05) is 11.3 Å². The first-order valence-corrected chi connectivity index (χ1v) is 10.9. The Morgan fingerprint density at radius 3 is 2.38 bits per heavy atom. The highest BCUT2D eigenvalue weighted by atomic mass is 32.2. The molecule has 0 bridgehead atoms. The Kier molecular flexibility index (Phi) is 7.39. The number of para-hydroxylation sites is 1. The number of amides is 2. The number of benzene rings is 2. The Balaban J connectivity index is 2.23. The van der Waals surface area contributed by atoms with E-state index in [9.17, 15) is 18.0 Å². The van der Waals surface area contributed by atoms with E-state index in [0.29, 0.717) is 17.8 Å². The maximum Gasteiger partial charge on any atom is 0.261 e. The molecule has 0 spiro atoms. The lowest BCUT2D eigenvalue weighted by molar-refractivity contribution is -0.122. The van der Waals surface area contributed by atoms with Gasteiger partial charge in [-0.3, -0.25) is 14.3 Å². The van der Waals surface area contributed by atoms with Crippen molar-refractivity contribution in [2.24, 2.45) is 0 Å². The molecule has 29 heavy (non-hydrogen) atoms. The highest BCUT2D eigenvalue weighted by molar-refractivity contribution is 7.92. The number of carbonyl (C=O) groups is 2. The van der Waals surface area contributed by atoms with Crippen LogP contribution >= 0.6 is 0 Å². The summed E-state index contributed by atoms with van der Waals surface area (Å²) in [5.74, 6) is -0.794. The van der Waals surface area contributed by atoms with Gasteiger partial charge in [0.15, 0.2) is 0 Å². The van der Waals surface area contributed by atoms with Gasteiger partial charge in [-0.25, -0.2) is 8.42 Å². The summed E-state index contributed by atoms with van der Waals surface area (Å²) in [6.07, 6.45) is 0.791. The minimum Gasteiger partial charge on any atom is -0.354 e. The van der Waals surface area contributed by atoms with E-state index in [0.717, 1.165) is 12.0 Å².